The van der Waals surface area contributed by atoms with Crippen molar-refractivity contribution < 1.29 is 14.6 Å². The van der Waals surface area contributed by atoms with Crippen LogP contribution in [0.5, 0.6) is 5.75 Å². The lowest BCUT2D eigenvalue weighted by Crippen LogP contribution is -2.37. The van der Waals surface area contributed by atoms with E-state index in [9.17, 15) is 4.79 Å². The first kappa shape index (κ1) is 17.7. The molecule has 0 amide bonds. The van der Waals surface area contributed by atoms with E-state index in [-0.39, 0.29) is 12.6 Å². The van der Waals surface area contributed by atoms with Crippen molar-refractivity contribution in [3.63, 3.8) is 0 Å². The molecule has 1 aliphatic rings. The van der Waals surface area contributed by atoms with Crippen LogP contribution in [0.25, 0.3) is 0 Å². The van der Waals surface area contributed by atoms with E-state index >= 15 is 0 Å². The third-order valence-electron chi connectivity index (χ3n) is 4.07. The first-order valence-corrected chi connectivity index (χ1v) is 7.88. The van der Waals surface area contributed by atoms with Gasteiger partial charge in [0.05, 0.1) is 6.61 Å². The minimum absolute atomic E-state index is 0.105. The summed E-state index contributed by atoms with van der Waals surface area (Å²) in [6.07, 6.45) is 12.5. The van der Waals surface area contributed by atoms with Crippen LogP contribution in [0.4, 0.5) is 0 Å². The van der Waals surface area contributed by atoms with Gasteiger partial charge in [0.15, 0.2) is 0 Å². The molecule has 0 saturated heterocycles. The van der Waals surface area contributed by atoms with Gasteiger partial charge in [-0.3, -0.25) is 0 Å². The maximum Gasteiger partial charge on any atom is 0.331 e. The molecule has 1 aromatic rings. The Balaban J connectivity index is 2.83. The topological polar surface area (TPSA) is 46.5 Å². The highest BCUT2D eigenvalue weighted by molar-refractivity contribution is 5.99. The first-order chi connectivity index (χ1) is 11.7. The Bertz CT molecular complexity index is 750. The first-order valence-electron chi connectivity index (χ1n) is 7.88. The van der Waals surface area contributed by atoms with Gasteiger partial charge in [-0.25, -0.2) is 4.79 Å². The van der Waals surface area contributed by atoms with Crippen molar-refractivity contribution in [3.8, 4) is 5.75 Å². The highest BCUT2D eigenvalue weighted by Crippen LogP contribution is 2.50. The normalized spacial score (nSPS) is 21.4. The summed E-state index contributed by atoms with van der Waals surface area (Å²) in [5, 5.41) is 9.16. The van der Waals surface area contributed by atoms with Crippen molar-refractivity contribution in [3.05, 3.63) is 90.1 Å². The van der Waals surface area contributed by atoms with Crippen LogP contribution in [0.1, 0.15) is 19.4 Å². The second kappa shape index (κ2) is 7.75. The van der Waals surface area contributed by atoms with E-state index in [0.717, 1.165) is 16.7 Å². The van der Waals surface area contributed by atoms with Gasteiger partial charge in [0.1, 0.15) is 11.2 Å². The van der Waals surface area contributed by atoms with Gasteiger partial charge >= 0.3 is 5.97 Å². The molecule has 1 heterocycles. The number of ether oxygens (including phenoxy) is 1. The fourth-order valence-corrected chi connectivity index (χ4v) is 3.03. The molecule has 124 valence electrons. The van der Waals surface area contributed by atoms with Gasteiger partial charge in [-0.05, 0) is 31.1 Å². The van der Waals surface area contributed by atoms with Crippen LogP contribution in [0.3, 0.4) is 0 Å². The summed E-state index contributed by atoms with van der Waals surface area (Å²) >= 11 is 0. The minimum Gasteiger partial charge on any atom is -0.425 e. The number of para-hydroxylation sites is 1. The number of rotatable bonds is 6. The number of allylic oxidation sites excluding steroid dienone is 6. The van der Waals surface area contributed by atoms with Crippen molar-refractivity contribution >= 4 is 5.97 Å². The number of carbonyl (C=O) groups is 1. The van der Waals surface area contributed by atoms with E-state index in [4.69, 9.17) is 9.84 Å². The molecule has 0 spiro atoms. The summed E-state index contributed by atoms with van der Waals surface area (Å²) in [6.45, 7) is 7.57. The Kier molecular flexibility index (Phi) is 5.72. The fraction of sp³-hybridized carbons (Fsp3) is 0.190. The lowest BCUT2D eigenvalue weighted by atomic mass is 9.69. The Morgan fingerprint density at radius 3 is 2.67 bits per heavy atom. The zero-order valence-electron chi connectivity index (χ0n) is 14.0. The number of aliphatic hydroxyl groups is 1. The van der Waals surface area contributed by atoms with Crippen LogP contribution in [0, 0.1) is 0 Å². The largest absolute Gasteiger partial charge is 0.425 e. The van der Waals surface area contributed by atoms with Gasteiger partial charge in [0.2, 0.25) is 0 Å². The molecule has 1 aromatic carbocycles. The molecule has 2 rings (SSSR count). The highest BCUT2D eigenvalue weighted by atomic mass is 16.5. The zero-order chi connectivity index (χ0) is 17.6. The van der Waals surface area contributed by atoms with Crippen molar-refractivity contribution in [2.45, 2.75) is 19.3 Å². The summed E-state index contributed by atoms with van der Waals surface area (Å²) in [5.41, 5.74) is 1.16. The third-order valence-corrected chi connectivity index (χ3v) is 4.07. The number of aliphatic hydroxyl groups excluding tert-OH is 1. The van der Waals surface area contributed by atoms with E-state index in [2.05, 4.69) is 6.58 Å². The average Bonchev–Trinajstić information content (AvgIpc) is 2.90. The lowest BCUT2D eigenvalue weighted by Gasteiger charge is -2.29. The number of benzene rings is 1. The van der Waals surface area contributed by atoms with Crippen molar-refractivity contribution in [2.24, 2.45) is 0 Å². The molecule has 3 heteroatoms. The maximum atomic E-state index is 13.0. The summed E-state index contributed by atoms with van der Waals surface area (Å²) in [6, 6.07) is 7.40. The predicted molar refractivity (Wildman–Crippen MR) is 96.8 cm³/mol. The quantitative estimate of drug-likeness (QED) is 0.489. The SMILES string of the molecule is C=C/C(=C\C=C/C)C1(C(/C=C\CO)=C/C)C(=O)Oc2ccccc21. The van der Waals surface area contributed by atoms with Gasteiger partial charge in [0.25, 0.3) is 0 Å². The van der Waals surface area contributed by atoms with Gasteiger partial charge in [-0.1, -0.05) is 67.3 Å². The van der Waals surface area contributed by atoms with Gasteiger partial charge in [-0.15, -0.1) is 0 Å². The van der Waals surface area contributed by atoms with Crippen LogP contribution < -0.4 is 4.74 Å². The zero-order valence-corrected chi connectivity index (χ0v) is 14.0. The summed E-state index contributed by atoms with van der Waals surface area (Å²) in [5.74, 6) is 0.183. The third kappa shape index (κ3) is 2.79. The number of hydrogen-bond donors (Lipinski definition) is 1. The molecule has 1 aliphatic heterocycles. The second-order valence-corrected chi connectivity index (χ2v) is 5.32. The van der Waals surface area contributed by atoms with Crippen LogP contribution in [-0.4, -0.2) is 17.7 Å². The van der Waals surface area contributed by atoms with E-state index in [1.54, 1.807) is 24.3 Å². The van der Waals surface area contributed by atoms with Gasteiger partial charge in [0, 0.05) is 5.56 Å². The Morgan fingerprint density at radius 2 is 2.04 bits per heavy atom. The molecular formula is C21H22O3. The molecule has 24 heavy (non-hydrogen) atoms. The van der Waals surface area contributed by atoms with E-state index in [1.807, 2.05) is 56.4 Å². The van der Waals surface area contributed by atoms with Crippen LogP contribution >= 0.6 is 0 Å². The van der Waals surface area contributed by atoms with Crippen molar-refractivity contribution in [1.29, 1.82) is 0 Å². The molecule has 0 aromatic heterocycles. The standard InChI is InChI=1S/C21H22O3/c1-4-7-11-16(5-2)21(17(6-3)12-10-15-22)18-13-8-9-14-19(18)24-20(21)23/h4-14,22H,2,15H2,1,3H3/b7-4-,12-10-,16-11+,17-6+. The van der Waals surface area contributed by atoms with E-state index in [0.29, 0.717) is 5.75 Å². The number of carbonyl (C=O) groups excluding carboxylic acids is 1. The molecule has 1 N–H and O–H groups in total. The molecule has 0 radical (unpaired) electrons. The molecule has 0 bridgehead atoms. The number of esters is 1. The summed E-state index contributed by atoms with van der Waals surface area (Å²) < 4.78 is 5.56. The van der Waals surface area contributed by atoms with Crippen LogP contribution in [-0.2, 0) is 10.2 Å². The number of hydrogen-bond acceptors (Lipinski definition) is 3. The summed E-state index contributed by atoms with van der Waals surface area (Å²) in [4.78, 5) is 13.0. The molecular weight excluding hydrogens is 300 g/mol. The van der Waals surface area contributed by atoms with Crippen LogP contribution in [0.2, 0.25) is 0 Å². The predicted octanol–water partition coefficient (Wildman–Crippen LogP) is 4.03. The fourth-order valence-electron chi connectivity index (χ4n) is 3.03. The molecule has 0 aliphatic carbocycles. The van der Waals surface area contributed by atoms with Crippen molar-refractivity contribution in [2.75, 3.05) is 6.61 Å². The number of fused-ring (bicyclic) bond motifs is 1. The molecule has 1 unspecified atom stereocenters. The lowest BCUT2D eigenvalue weighted by molar-refractivity contribution is -0.135. The highest BCUT2D eigenvalue weighted by Gasteiger charge is 2.52. The molecule has 1 atom stereocenters. The maximum absolute atomic E-state index is 13.0. The molecule has 0 saturated carbocycles. The van der Waals surface area contributed by atoms with Crippen molar-refractivity contribution in [1.82, 2.24) is 0 Å². The molecule has 0 fully saturated rings. The Morgan fingerprint density at radius 1 is 1.29 bits per heavy atom. The Hall–Kier alpha value is -2.65. The monoisotopic (exact) mass is 322 g/mol. The Labute approximate surface area is 143 Å². The van der Waals surface area contributed by atoms with E-state index in [1.165, 1.54) is 0 Å². The van der Waals surface area contributed by atoms with Gasteiger partial charge in [-0.2, -0.15) is 0 Å². The van der Waals surface area contributed by atoms with E-state index < -0.39 is 5.41 Å². The average molecular weight is 322 g/mol. The smallest absolute Gasteiger partial charge is 0.331 e. The van der Waals surface area contributed by atoms with Crippen LogP contribution in [0.15, 0.2) is 84.5 Å². The molecule has 3 nitrogen and oxygen atoms in total. The summed E-state index contributed by atoms with van der Waals surface area (Å²) in [7, 11) is 0. The minimum atomic E-state index is -1.09. The van der Waals surface area contributed by atoms with Gasteiger partial charge < -0.3 is 9.84 Å². The second-order valence-electron chi connectivity index (χ2n) is 5.32.